The second-order valence-electron chi connectivity index (χ2n) is 11.0. The van der Waals surface area contributed by atoms with Gasteiger partial charge in [0.1, 0.15) is 0 Å². The number of hydrogen-bond acceptors (Lipinski definition) is 9. The van der Waals surface area contributed by atoms with Gasteiger partial charge in [-0.3, -0.25) is 20.2 Å². The van der Waals surface area contributed by atoms with Crippen LogP contribution in [0, 0.1) is 17.2 Å². The number of ether oxygens (including phenoxy) is 2. The van der Waals surface area contributed by atoms with E-state index in [9.17, 15) is 19.2 Å². The predicted octanol–water partition coefficient (Wildman–Crippen LogP) is 2.53. The van der Waals surface area contributed by atoms with E-state index >= 15 is 4.39 Å². The van der Waals surface area contributed by atoms with Crippen LogP contribution in [0.25, 0.3) is 11.0 Å². The monoisotopic (exact) mass is 543 g/mol. The first kappa shape index (κ1) is 25.5. The molecule has 3 N–H and O–H groups in total. The van der Waals surface area contributed by atoms with E-state index in [2.05, 4.69) is 21.1 Å². The van der Waals surface area contributed by atoms with Gasteiger partial charge in [0.05, 0.1) is 29.3 Å². The number of urea groups is 1. The Balaban J connectivity index is 1.37. The van der Waals surface area contributed by atoms with Crippen molar-refractivity contribution in [1.29, 1.82) is 0 Å². The van der Waals surface area contributed by atoms with Crippen LogP contribution in [0.4, 0.5) is 19.7 Å². The lowest BCUT2D eigenvalue weighted by Gasteiger charge is -2.55. The van der Waals surface area contributed by atoms with Crippen molar-refractivity contribution in [2.75, 3.05) is 18.0 Å². The number of benzene rings is 1. The molecule has 1 spiro atoms. The summed E-state index contributed by atoms with van der Waals surface area (Å²) >= 11 is 0. The number of anilines is 1. The van der Waals surface area contributed by atoms with Crippen molar-refractivity contribution in [3.05, 3.63) is 17.4 Å². The summed E-state index contributed by atoms with van der Waals surface area (Å²) in [6.45, 7) is 4.17. The van der Waals surface area contributed by atoms with E-state index in [0.29, 0.717) is 18.0 Å². The molecule has 1 aliphatic carbocycles. The van der Waals surface area contributed by atoms with Gasteiger partial charge < -0.3 is 24.2 Å². The van der Waals surface area contributed by atoms with Gasteiger partial charge in [-0.2, -0.15) is 0 Å². The maximum atomic E-state index is 16.1. The highest BCUT2D eigenvalue weighted by Gasteiger charge is 2.63. The molecule has 2 aromatic rings. The minimum Gasteiger partial charge on any atom is -0.387 e. The molecule has 1 aromatic carbocycles. The number of morpholine rings is 1. The van der Waals surface area contributed by atoms with Crippen LogP contribution >= 0.6 is 0 Å². The fraction of sp³-hybridized carbons (Fsp3) is 0.577. The number of carbonyl (C=O) groups is 4. The summed E-state index contributed by atoms with van der Waals surface area (Å²) in [4.78, 5) is 52.7. The van der Waals surface area contributed by atoms with Crippen LogP contribution in [0.2, 0.25) is 0 Å². The molecule has 1 saturated carbocycles. The summed E-state index contributed by atoms with van der Waals surface area (Å²) in [6.07, 6.45) is 3.60. The molecule has 208 valence electrons. The molecule has 4 heterocycles. The largest absolute Gasteiger partial charge is 0.414 e. The normalized spacial score (nSPS) is 26.6. The van der Waals surface area contributed by atoms with E-state index in [1.165, 1.54) is 12.5 Å². The molecule has 2 saturated heterocycles. The van der Waals surface area contributed by atoms with Gasteiger partial charge in [-0.25, -0.2) is 14.0 Å². The number of imide groups is 2. The number of halogens is 1. The van der Waals surface area contributed by atoms with Crippen LogP contribution in [0.5, 0.6) is 5.88 Å². The third-order valence-corrected chi connectivity index (χ3v) is 8.38. The molecule has 6 rings (SSSR count). The molecule has 1 aromatic heterocycles. The zero-order chi connectivity index (χ0) is 27.5. The molecule has 0 radical (unpaired) electrons. The number of rotatable bonds is 3. The van der Waals surface area contributed by atoms with Gasteiger partial charge in [0, 0.05) is 19.5 Å². The zero-order valence-corrected chi connectivity index (χ0v) is 21.7. The predicted molar refractivity (Wildman–Crippen MR) is 134 cm³/mol. The first-order chi connectivity index (χ1) is 18.7. The van der Waals surface area contributed by atoms with E-state index in [0.717, 1.165) is 25.7 Å². The quantitative estimate of drug-likeness (QED) is 0.496. The molecule has 12 nitrogen and oxygen atoms in total. The van der Waals surface area contributed by atoms with Crippen molar-refractivity contribution in [1.82, 2.24) is 21.1 Å². The van der Waals surface area contributed by atoms with Crippen molar-refractivity contribution in [2.45, 2.75) is 70.6 Å². The lowest BCUT2D eigenvalue weighted by molar-refractivity contribution is -0.153. The lowest BCUT2D eigenvalue weighted by atomic mass is 9.66. The van der Waals surface area contributed by atoms with Crippen molar-refractivity contribution in [2.24, 2.45) is 11.3 Å². The summed E-state index contributed by atoms with van der Waals surface area (Å²) in [5, 5.41) is 11.0. The summed E-state index contributed by atoms with van der Waals surface area (Å²) < 4.78 is 32.7. The van der Waals surface area contributed by atoms with Gasteiger partial charge in [0.25, 0.3) is 5.88 Å². The number of hydrogen-bond donors (Lipinski definition) is 3. The number of carbonyl (C=O) groups excluding carboxylic acids is 4. The molecule has 0 bridgehead atoms. The number of nitrogens with zero attached hydrogens (tertiary/aromatic N) is 2. The van der Waals surface area contributed by atoms with E-state index in [1.54, 1.807) is 18.7 Å². The third-order valence-electron chi connectivity index (χ3n) is 8.38. The Kier molecular flexibility index (Phi) is 6.20. The number of aromatic nitrogens is 1. The molecular weight excluding hydrogens is 513 g/mol. The fourth-order valence-corrected chi connectivity index (χ4v) is 6.74. The van der Waals surface area contributed by atoms with Crippen molar-refractivity contribution in [3.63, 3.8) is 0 Å². The minimum absolute atomic E-state index is 0.0923. The smallest absolute Gasteiger partial charge is 0.387 e. The van der Waals surface area contributed by atoms with E-state index in [4.69, 9.17) is 14.0 Å². The van der Waals surface area contributed by atoms with Gasteiger partial charge >= 0.3 is 12.1 Å². The highest BCUT2D eigenvalue weighted by atomic mass is 19.1. The molecule has 5 amide bonds. The zero-order valence-electron chi connectivity index (χ0n) is 21.7. The van der Waals surface area contributed by atoms with Crippen LogP contribution in [-0.2, 0) is 20.7 Å². The SMILES string of the molecule is C[C@@H]1CN2c3c(cc4c(OC(=O)NCC5CCCCC5)noc4c3F)CC3(C(=O)NC(=O)NC3=O)[C@H]2[C@H](C)O1. The van der Waals surface area contributed by atoms with E-state index in [1.807, 2.05) is 0 Å². The molecule has 39 heavy (non-hydrogen) atoms. The summed E-state index contributed by atoms with van der Waals surface area (Å²) in [5.41, 5.74) is -1.51. The Morgan fingerprint density at radius 1 is 1.21 bits per heavy atom. The maximum absolute atomic E-state index is 16.1. The van der Waals surface area contributed by atoms with Crippen LogP contribution in [0.15, 0.2) is 10.6 Å². The fourth-order valence-electron chi connectivity index (χ4n) is 6.74. The Labute approximate surface area is 222 Å². The molecule has 3 atom stereocenters. The molecule has 3 fully saturated rings. The Morgan fingerprint density at radius 3 is 2.64 bits per heavy atom. The highest BCUT2D eigenvalue weighted by molar-refractivity contribution is 6.20. The third kappa shape index (κ3) is 4.10. The topological polar surface area (TPSA) is 152 Å². The second-order valence-corrected chi connectivity index (χ2v) is 11.0. The average molecular weight is 544 g/mol. The van der Waals surface area contributed by atoms with Crippen LogP contribution < -0.4 is 25.6 Å². The Bertz CT molecular complexity index is 1350. The maximum Gasteiger partial charge on any atom is 0.414 e. The molecule has 0 unspecified atom stereocenters. The van der Waals surface area contributed by atoms with Crippen molar-refractivity contribution in [3.8, 4) is 5.88 Å². The Morgan fingerprint density at radius 2 is 1.92 bits per heavy atom. The summed E-state index contributed by atoms with van der Waals surface area (Å²) in [5.74, 6) is -2.16. The van der Waals surface area contributed by atoms with Gasteiger partial charge in [-0.05, 0) is 49.4 Å². The number of nitrogens with one attached hydrogen (secondary N) is 3. The lowest BCUT2D eigenvalue weighted by Crippen LogP contribution is -2.75. The molecule has 13 heteroatoms. The van der Waals surface area contributed by atoms with Crippen LogP contribution in [0.1, 0.15) is 51.5 Å². The van der Waals surface area contributed by atoms with Crippen LogP contribution in [0.3, 0.4) is 0 Å². The van der Waals surface area contributed by atoms with Gasteiger partial charge in [0.2, 0.25) is 17.4 Å². The Hall–Kier alpha value is -3.74. The van der Waals surface area contributed by atoms with E-state index < -0.39 is 47.3 Å². The summed E-state index contributed by atoms with van der Waals surface area (Å²) in [6, 6.07) is -0.292. The standard InChI is InChI=1S/C26H30FN5O7/c1-12-11-32-18-15(9-26(20(32)13(2)37-12)22(33)29-24(35)30-23(26)34)8-16-19(17(18)27)39-31-21(16)38-25(36)28-10-14-6-4-3-5-7-14/h8,12-14,20H,3-7,9-11H2,1-2H3,(H,28,36)(H2,29,30,33,34,35)/t12-,13+,20-/m1/s1. The molecule has 4 aliphatic rings. The molecule has 3 aliphatic heterocycles. The van der Waals surface area contributed by atoms with Crippen LogP contribution in [-0.4, -0.2) is 60.4 Å². The van der Waals surface area contributed by atoms with Gasteiger partial charge in [-0.15, -0.1) is 0 Å². The second kappa shape index (κ2) is 9.47. The number of fused-ring (bicyclic) bond motifs is 5. The van der Waals surface area contributed by atoms with Gasteiger partial charge in [0.15, 0.2) is 11.2 Å². The van der Waals surface area contributed by atoms with Crippen molar-refractivity contribution >= 4 is 40.6 Å². The highest BCUT2D eigenvalue weighted by Crippen LogP contribution is 2.49. The van der Waals surface area contributed by atoms with E-state index in [-0.39, 0.29) is 41.6 Å². The number of barbiturate groups is 1. The average Bonchev–Trinajstić information content (AvgIpc) is 3.28. The first-order valence-corrected chi connectivity index (χ1v) is 13.3. The first-order valence-electron chi connectivity index (χ1n) is 13.3. The van der Waals surface area contributed by atoms with Gasteiger partial charge in [-0.1, -0.05) is 19.3 Å². The number of amides is 5. The van der Waals surface area contributed by atoms with Crippen molar-refractivity contribution < 1.29 is 37.6 Å². The molecular formula is C26H30FN5O7. The minimum atomic E-state index is -1.77. The summed E-state index contributed by atoms with van der Waals surface area (Å²) in [7, 11) is 0.